The summed E-state index contributed by atoms with van der Waals surface area (Å²) in [5, 5.41) is 39.9. The van der Waals surface area contributed by atoms with Gasteiger partial charge in [-0.15, -0.1) is 11.3 Å². The monoisotopic (exact) mass is 472 g/mol. The van der Waals surface area contributed by atoms with E-state index in [-0.39, 0.29) is 24.5 Å². The molecule has 2 rings (SSSR count). The average Bonchev–Trinajstić information content (AvgIpc) is 3.21. The Balaban J connectivity index is 1.86. The van der Waals surface area contributed by atoms with Gasteiger partial charge in [0, 0.05) is 29.2 Å². The molecule has 1 fully saturated rings. The third-order valence-corrected chi connectivity index (χ3v) is 7.66. The summed E-state index contributed by atoms with van der Waals surface area (Å²) >= 11 is 7.86. The lowest BCUT2D eigenvalue weighted by atomic mass is 9.89. The highest BCUT2D eigenvalue weighted by Crippen LogP contribution is 2.36. The number of hydrogen-bond donors (Lipinski definition) is 4. The SMILES string of the molecule is COC(C=C[C@@H]1[C@@H](CC=CCCCC(O)CO)[C@@H](O)C[C@H]1O)CCc1cc(Cl)c(C)s1. The Hall–Kier alpha value is -0.730. The van der Waals surface area contributed by atoms with Crippen LogP contribution in [0, 0.1) is 18.8 Å². The van der Waals surface area contributed by atoms with E-state index in [1.54, 1.807) is 18.4 Å². The molecule has 0 radical (unpaired) electrons. The number of halogens is 1. The van der Waals surface area contributed by atoms with Crippen molar-refractivity contribution in [1.29, 1.82) is 0 Å². The molecular formula is C24H37ClO5S. The first kappa shape index (κ1) is 26.5. The Morgan fingerprint density at radius 1 is 1.26 bits per heavy atom. The first-order valence-electron chi connectivity index (χ1n) is 11.1. The van der Waals surface area contributed by atoms with Crippen LogP contribution in [0.1, 0.15) is 48.3 Å². The molecule has 1 aliphatic rings. The molecule has 4 N–H and O–H groups in total. The summed E-state index contributed by atoms with van der Waals surface area (Å²) < 4.78 is 5.61. The first-order valence-corrected chi connectivity index (χ1v) is 12.3. The second-order valence-corrected chi connectivity index (χ2v) is 10.1. The van der Waals surface area contributed by atoms with Crippen molar-refractivity contribution >= 4 is 22.9 Å². The van der Waals surface area contributed by atoms with Gasteiger partial charge in [0.25, 0.3) is 0 Å². The van der Waals surface area contributed by atoms with Gasteiger partial charge in [0.2, 0.25) is 0 Å². The van der Waals surface area contributed by atoms with E-state index in [0.29, 0.717) is 19.3 Å². The molecule has 0 spiro atoms. The number of aliphatic hydroxyl groups is 4. The summed E-state index contributed by atoms with van der Waals surface area (Å²) in [7, 11) is 1.69. The Morgan fingerprint density at radius 2 is 2.03 bits per heavy atom. The summed E-state index contributed by atoms with van der Waals surface area (Å²) in [6.45, 7) is 1.82. The normalized spacial score (nSPS) is 26.3. The van der Waals surface area contributed by atoms with Gasteiger partial charge >= 0.3 is 0 Å². The number of unbranched alkanes of at least 4 members (excludes halogenated alkanes) is 1. The maximum Gasteiger partial charge on any atom is 0.0771 e. The van der Waals surface area contributed by atoms with Gasteiger partial charge in [0.05, 0.1) is 36.0 Å². The topological polar surface area (TPSA) is 90.2 Å². The molecule has 176 valence electrons. The number of thiophene rings is 1. The highest BCUT2D eigenvalue weighted by Gasteiger charge is 2.39. The lowest BCUT2D eigenvalue weighted by Gasteiger charge is -2.20. The second kappa shape index (κ2) is 13.7. The first-order chi connectivity index (χ1) is 14.8. The van der Waals surface area contributed by atoms with E-state index in [1.165, 1.54) is 4.88 Å². The largest absolute Gasteiger partial charge is 0.394 e. The van der Waals surface area contributed by atoms with Crippen LogP contribution < -0.4 is 0 Å². The third-order valence-electron chi connectivity index (χ3n) is 6.04. The molecule has 0 aromatic carbocycles. The molecule has 0 bridgehead atoms. The number of hydrogen-bond acceptors (Lipinski definition) is 6. The van der Waals surface area contributed by atoms with Crippen LogP contribution in [0.5, 0.6) is 0 Å². The number of aliphatic hydroxyl groups excluding tert-OH is 4. The van der Waals surface area contributed by atoms with Crippen molar-refractivity contribution in [2.45, 2.75) is 76.3 Å². The van der Waals surface area contributed by atoms with Crippen LogP contribution in [0.25, 0.3) is 0 Å². The van der Waals surface area contributed by atoms with E-state index in [2.05, 4.69) is 6.08 Å². The highest BCUT2D eigenvalue weighted by molar-refractivity contribution is 7.12. The van der Waals surface area contributed by atoms with Crippen LogP contribution in [-0.4, -0.2) is 58.6 Å². The molecule has 31 heavy (non-hydrogen) atoms. The summed E-state index contributed by atoms with van der Waals surface area (Å²) in [6.07, 6.45) is 11.3. The van der Waals surface area contributed by atoms with Gasteiger partial charge in [-0.3, -0.25) is 0 Å². The number of rotatable bonds is 13. The van der Waals surface area contributed by atoms with Gasteiger partial charge < -0.3 is 25.2 Å². The van der Waals surface area contributed by atoms with Crippen molar-refractivity contribution in [3.8, 4) is 0 Å². The van der Waals surface area contributed by atoms with Crippen molar-refractivity contribution in [2.75, 3.05) is 13.7 Å². The van der Waals surface area contributed by atoms with Gasteiger partial charge in [-0.1, -0.05) is 35.9 Å². The molecule has 1 aliphatic carbocycles. The Labute approximate surface area is 195 Å². The van der Waals surface area contributed by atoms with Gasteiger partial charge in [-0.2, -0.15) is 0 Å². The fourth-order valence-electron chi connectivity index (χ4n) is 4.11. The third kappa shape index (κ3) is 8.61. The van der Waals surface area contributed by atoms with Gasteiger partial charge in [0.1, 0.15) is 0 Å². The van der Waals surface area contributed by atoms with Gasteiger partial charge in [-0.25, -0.2) is 0 Å². The summed E-state index contributed by atoms with van der Waals surface area (Å²) in [5.41, 5.74) is 0. The van der Waals surface area contributed by atoms with E-state index in [0.717, 1.165) is 35.6 Å². The zero-order valence-corrected chi connectivity index (χ0v) is 20.1. The molecule has 1 heterocycles. The molecule has 1 saturated carbocycles. The molecule has 1 aromatic rings. The fraction of sp³-hybridized carbons (Fsp3) is 0.667. The smallest absolute Gasteiger partial charge is 0.0771 e. The van der Waals surface area contributed by atoms with Gasteiger partial charge in [0.15, 0.2) is 0 Å². The lowest BCUT2D eigenvalue weighted by molar-refractivity contribution is 0.0868. The minimum absolute atomic E-state index is 0.0261. The highest BCUT2D eigenvalue weighted by atomic mass is 35.5. The van der Waals surface area contributed by atoms with Crippen LogP contribution in [0.4, 0.5) is 0 Å². The molecule has 1 aromatic heterocycles. The average molecular weight is 473 g/mol. The maximum atomic E-state index is 10.4. The molecule has 0 saturated heterocycles. The quantitative estimate of drug-likeness (QED) is 0.257. The second-order valence-electron chi connectivity index (χ2n) is 8.40. The van der Waals surface area contributed by atoms with Crippen molar-refractivity contribution in [1.82, 2.24) is 0 Å². The zero-order chi connectivity index (χ0) is 22.8. The minimum Gasteiger partial charge on any atom is -0.394 e. The van der Waals surface area contributed by atoms with Crippen molar-refractivity contribution in [2.24, 2.45) is 11.8 Å². The van der Waals surface area contributed by atoms with E-state index < -0.39 is 18.3 Å². The summed E-state index contributed by atoms with van der Waals surface area (Å²) in [5.74, 6) is -0.131. The zero-order valence-electron chi connectivity index (χ0n) is 18.5. The molecular weight excluding hydrogens is 436 g/mol. The number of aryl methyl sites for hydroxylation is 2. The standard InChI is InChI=1S/C24H37ClO5S/c1-16-22(25)13-19(31-16)11-9-18(30-2)10-12-21-20(23(28)14-24(21)29)8-6-4-3-5-7-17(27)15-26/h4,6,10,12-13,17-18,20-21,23-24,26-29H,3,5,7-9,11,14-15H2,1-2H3/t17?,18?,20-,21-,23+,24-/m1/s1. The van der Waals surface area contributed by atoms with Crippen LogP contribution in [0.15, 0.2) is 30.4 Å². The molecule has 0 aliphatic heterocycles. The van der Waals surface area contributed by atoms with Crippen LogP contribution in [-0.2, 0) is 11.2 Å². The molecule has 5 nitrogen and oxygen atoms in total. The predicted octanol–water partition coefficient (Wildman–Crippen LogP) is 4.04. The van der Waals surface area contributed by atoms with E-state index in [1.807, 2.05) is 31.2 Å². The summed E-state index contributed by atoms with van der Waals surface area (Å²) in [4.78, 5) is 2.37. The number of ether oxygens (including phenoxy) is 1. The van der Waals surface area contributed by atoms with Crippen molar-refractivity contribution in [3.63, 3.8) is 0 Å². The molecule has 7 heteroatoms. The van der Waals surface area contributed by atoms with E-state index in [4.69, 9.17) is 21.4 Å². The lowest BCUT2D eigenvalue weighted by Crippen LogP contribution is -2.20. The maximum absolute atomic E-state index is 10.4. The molecule has 0 amide bonds. The Morgan fingerprint density at radius 3 is 2.68 bits per heavy atom. The Bertz CT molecular complexity index is 685. The van der Waals surface area contributed by atoms with Crippen molar-refractivity contribution in [3.05, 3.63) is 45.1 Å². The molecule has 6 atom stereocenters. The Kier molecular flexibility index (Phi) is 11.8. The van der Waals surface area contributed by atoms with E-state index >= 15 is 0 Å². The van der Waals surface area contributed by atoms with Crippen LogP contribution >= 0.6 is 22.9 Å². The summed E-state index contributed by atoms with van der Waals surface area (Å²) in [6, 6.07) is 2.02. The fourth-order valence-corrected chi connectivity index (χ4v) is 5.37. The molecule has 2 unspecified atom stereocenters. The number of methoxy groups -OCH3 is 1. The van der Waals surface area contributed by atoms with Gasteiger partial charge in [-0.05, 0) is 57.4 Å². The predicted molar refractivity (Wildman–Crippen MR) is 127 cm³/mol. The van der Waals surface area contributed by atoms with Crippen LogP contribution in [0.2, 0.25) is 5.02 Å². The number of allylic oxidation sites excluding steroid dienone is 2. The minimum atomic E-state index is -0.649. The van der Waals surface area contributed by atoms with Crippen molar-refractivity contribution < 1.29 is 25.2 Å². The van der Waals surface area contributed by atoms with E-state index in [9.17, 15) is 15.3 Å². The van der Waals surface area contributed by atoms with Crippen LogP contribution in [0.3, 0.4) is 0 Å².